The lowest BCUT2D eigenvalue weighted by molar-refractivity contribution is 0.679. The summed E-state index contributed by atoms with van der Waals surface area (Å²) in [6.07, 6.45) is 7.52. The first-order valence-electron chi connectivity index (χ1n) is 7.91. The average molecular weight is 298 g/mol. The molecular weight excluding hydrogens is 268 g/mol. The minimum absolute atomic E-state index is 0.836. The van der Waals surface area contributed by atoms with Gasteiger partial charge in [-0.25, -0.2) is 0 Å². The average Bonchev–Trinajstić information content (AvgIpc) is 2.57. The Morgan fingerprint density at radius 2 is 1.68 bits per heavy atom. The lowest BCUT2D eigenvalue weighted by Gasteiger charge is -2.12. The first kappa shape index (κ1) is 19.8. The SMILES string of the molecule is C=C/C=C(\C=C)CCNC(=C)NCCc1ccccc1.CC. The third-order valence-corrected chi connectivity index (χ3v) is 2.94. The third-order valence-electron chi connectivity index (χ3n) is 2.94. The Kier molecular flexibility index (Phi) is 12.4. The normalized spacial score (nSPS) is 10.0. The molecule has 0 aliphatic rings. The second-order valence-corrected chi connectivity index (χ2v) is 4.50. The maximum Gasteiger partial charge on any atom is 0.0912 e. The van der Waals surface area contributed by atoms with Crippen LogP contribution in [0.2, 0.25) is 0 Å². The maximum absolute atomic E-state index is 3.97. The van der Waals surface area contributed by atoms with Gasteiger partial charge in [0.15, 0.2) is 0 Å². The highest BCUT2D eigenvalue weighted by Gasteiger charge is 1.95. The van der Waals surface area contributed by atoms with Gasteiger partial charge in [-0.15, -0.1) is 0 Å². The van der Waals surface area contributed by atoms with Crippen molar-refractivity contribution >= 4 is 0 Å². The molecule has 0 aliphatic carbocycles. The summed E-state index contributed by atoms with van der Waals surface area (Å²) in [5.41, 5.74) is 2.50. The quantitative estimate of drug-likeness (QED) is 0.617. The smallest absolute Gasteiger partial charge is 0.0912 e. The van der Waals surface area contributed by atoms with Crippen LogP contribution in [0, 0.1) is 0 Å². The van der Waals surface area contributed by atoms with E-state index in [0.29, 0.717) is 0 Å². The Bertz CT molecular complexity index is 458. The monoisotopic (exact) mass is 298 g/mol. The van der Waals surface area contributed by atoms with Gasteiger partial charge in [0.1, 0.15) is 0 Å². The number of allylic oxidation sites excluding steroid dienone is 3. The van der Waals surface area contributed by atoms with E-state index < -0.39 is 0 Å². The summed E-state index contributed by atoms with van der Waals surface area (Å²) in [5.74, 6) is 0.864. The van der Waals surface area contributed by atoms with Crippen LogP contribution >= 0.6 is 0 Å². The predicted octanol–water partition coefficient (Wildman–Crippen LogP) is 4.59. The van der Waals surface area contributed by atoms with Crippen LogP contribution < -0.4 is 10.6 Å². The highest BCUT2D eigenvalue weighted by molar-refractivity contribution is 5.21. The summed E-state index contributed by atoms with van der Waals surface area (Å²) in [6.45, 7) is 17.1. The zero-order valence-electron chi connectivity index (χ0n) is 14.1. The van der Waals surface area contributed by atoms with Crippen LogP contribution in [0.4, 0.5) is 0 Å². The Morgan fingerprint density at radius 3 is 2.27 bits per heavy atom. The van der Waals surface area contributed by atoms with Gasteiger partial charge in [-0.3, -0.25) is 0 Å². The molecule has 0 aromatic heterocycles. The van der Waals surface area contributed by atoms with Crippen molar-refractivity contribution in [2.75, 3.05) is 13.1 Å². The van der Waals surface area contributed by atoms with Gasteiger partial charge in [-0.2, -0.15) is 0 Å². The first-order valence-corrected chi connectivity index (χ1v) is 7.91. The lowest BCUT2D eigenvalue weighted by atomic mass is 10.1. The largest absolute Gasteiger partial charge is 0.372 e. The fourth-order valence-electron chi connectivity index (χ4n) is 1.83. The number of rotatable bonds is 10. The van der Waals surface area contributed by atoms with Gasteiger partial charge in [0, 0.05) is 13.1 Å². The second kappa shape index (κ2) is 13.7. The highest BCUT2D eigenvalue weighted by Crippen LogP contribution is 2.02. The third kappa shape index (κ3) is 9.65. The molecule has 2 nitrogen and oxygen atoms in total. The molecule has 1 aromatic carbocycles. The molecule has 0 bridgehead atoms. The van der Waals surface area contributed by atoms with Crippen LogP contribution in [0.25, 0.3) is 0 Å². The summed E-state index contributed by atoms with van der Waals surface area (Å²) in [7, 11) is 0. The molecule has 0 spiro atoms. The Hall–Kier alpha value is -2.22. The van der Waals surface area contributed by atoms with Crippen molar-refractivity contribution in [1.82, 2.24) is 10.6 Å². The summed E-state index contributed by atoms with van der Waals surface area (Å²) >= 11 is 0. The van der Waals surface area contributed by atoms with Crippen LogP contribution in [0.15, 0.2) is 79.7 Å². The molecule has 2 N–H and O–H groups in total. The first-order chi connectivity index (χ1) is 10.8. The number of hydrogen-bond acceptors (Lipinski definition) is 2. The van der Waals surface area contributed by atoms with E-state index in [2.05, 4.69) is 54.6 Å². The van der Waals surface area contributed by atoms with E-state index in [1.807, 2.05) is 32.1 Å². The van der Waals surface area contributed by atoms with Crippen molar-refractivity contribution in [2.45, 2.75) is 26.7 Å². The van der Waals surface area contributed by atoms with Crippen molar-refractivity contribution in [3.05, 3.63) is 85.3 Å². The molecule has 0 saturated carbocycles. The Balaban J connectivity index is 0.00000211. The standard InChI is InChI=1S/C18H24N2.C2H6/c1-4-9-17(5-2)12-14-19-16(3)20-15-13-18-10-7-6-8-11-18;1-2/h4-11,19-20H,1-3,12-15H2;1-2H3/b17-9+;. The molecule has 0 radical (unpaired) electrons. The van der Waals surface area contributed by atoms with Gasteiger partial charge in [-0.1, -0.05) is 82.1 Å². The van der Waals surface area contributed by atoms with Gasteiger partial charge in [0.2, 0.25) is 0 Å². The van der Waals surface area contributed by atoms with Crippen LogP contribution in [0.3, 0.4) is 0 Å². The molecule has 0 atom stereocenters. The molecule has 0 fully saturated rings. The fraction of sp³-hybridized carbons (Fsp3) is 0.300. The van der Waals surface area contributed by atoms with E-state index in [4.69, 9.17) is 0 Å². The molecule has 1 aromatic rings. The van der Waals surface area contributed by atoms with E-state index in [9.17, 15) is 0 Å². The molecule has 1 rings (SSSR count). The minimum Gasteiger partial charge on any atom is -0.372 e. The van der Waals surface area contributed by atoms with Crippen LogP contribution in [0.5, 0.6) is 0 Å². The van der Waals surface area contributed by atoms with Gasteiger partial charge in [0.05, 0.1) is 5.82 Å². The summed E-state index contributed by atoms with van der Waals surface area (Å²) in [4.78, 5) is 0. The van der Waals surface area contributed by atoms with E-state index in [-0.39, 0.29) is 0 Å². The molecule has 2 heteroatoms. The molecule has 0 aliphatic heterocycles. The van der Waals surface area contributed by atoms with Crippen LogP contribution in [-0.4, -0.2) is 13.1 Å². The van der Waals surface area contributed by atoms with Crippen molar-refractivity contribution in [2.24, 2.45) is 0 Å². The number of hydrogen-bond donors (Lipinski definition) is 2. The topological polar surface area (TPSA) is 24.1 Å². The van der Waals surface area contributed by atoms with Crippen molar-refractivity contribution < 1.29 is 0 Å². The van der Waals surface area contributed by atoms with Crippen LogP contribution in [-0.2, 0) is 6.42 Å². The molecule has 0 heterocycles. The van der Waals surface area contributed by atoms with E-state index >= 15 is 0 Å². The summed E-state index contributed by atoms with van der Waals surface area (Å²) in [5, 5.41) is 6.55. The highest BCUT2D eigenvalue weighted by atomic mass is 15.1. The lowest BCUT2D eigenvalue weighted by Crippen LogP contribution is -2.27. The van der Waals surface area contributed by atoms with E-state index in [1.165, 1.54) is 11.1 Å². The summed E-state index contributed by atoms with van der Waals surface area (Å²) < 4.78 is 0. The predicted molar refractivity (Wildman–Crippen MR) is 99.7 cm³/mol. The summed E-state index contributed by atoms with van der Waals surface area (Å²) in [6, 6.07) is 10.4. The number of benzene rings is 1. The zero-order chi connectivity index (χ0) is 16.6. The zero-order valence-corrected chi connectivity index (χ0v) is 14.1. The number of nitrogens with one attached hydrogen (secondary N) is 2. The second-order valence-electron chi connectivity index (χ2n) is 4.50. The molecule has 22 heavy (non-hydrogen) atoms. The van der Waals surface area contributed by atoms with Gasteiger partial charge in [-0.05, 0) is 24.0 Å². The van der Waals surface area contributed by atoms with Crippen molar-refractivity contribution in [3.8, 4) is 0 Å². The van der Waals surface area contributed by atoms with Gasteiger partial charge >= 0.3 is 0 Å². The van der Waals surface area contributed by atoms with Crippen molar-refractivity contribution in [1.29, 1.82) is 0 Å². The van der Waals surface area contributed by atoms with Crippen molar-refractivity contribution in [3.63, 3.8) is 0 Å². The Labute approximate surface area is 136 Å². The van der Waals surface area contributed by atoms with Gasteiger partial charge in [0.25, 0.3) is 0 Å². The molecule has 0 amide bonds. The van der Waals surface area contributed by atoms with E-state index in [1.54, 1.807) is 6.08 Å². The maximum atomic E-state index is 3.97. The van der Waals surface area contributed by atoms with Crippen LogP contribution in [0.1, 0.15) is 25.8 Å². The minimum atomic E-state index is 0.836. The van der Waals surface area contributed by atoms with E-state index in [0.717, 1.165) is 31.8 Å². The molecule has 0 unspecified atom stereocenters. The Morgan fingerprint density at radius 1 is 1.05 bits per heavy atom. The van der Waals surface area contributed by atoms with Gasteiger partial charge < -0.3 is 10.6 Å². The fourth-order valence-corrected chi connectivity index (χ4v) is 1.83. The molecule has 120 valence electrons. The molecular formula is C20H30N2. The molecule has 0 saturated heterocycles.